The first kappa shape index (κ1) is 49.0. The van der Waals surface area contributed by atoms with Crippen molar-refractivity contribution in [2.45, 2.75) is 19.3 Å². The summed E-state index contributed by atoms with van der Waals surface area (Å²) in [5, 5.41) is 7.67. The Labute approximate surface area is 491 Å². The van der Waals surface area contributed by atoms with Gasteiger partial charge in [-0.2, -0.15) is 0 Å². The van der Waals surface area contributed by atoms with Crippen molar-refractivity contribution >= 4 is 108 Å². The van der Waals surface area contributed by atoms with Gasteiger partial charge in [0.2, 0.25) is 0 Å². The van der Waals surface area contributed by atoms with Crippen LogP contribution >= 0.6 is 22.7 Å². The van der Waals surface area contributed by atoms with Gasteiger partial charge in [-0.3, -0.25) is 0 Å². The maximum atomic E-state index is 2.51. The topological polar surface area (TPSA) is 6.48 Å². The Morgan fingerprint density at radius 3 is 1.20 bits per heavy atom. The smallest absolute Gasteiger partial charge is 0.0543 e. The first-order valence-corrected chi connectivity index (χ1v) is 30.2. The average molecular weight is 1100 g/mol. The van der Waals surface area contributed by atoms with E-state index in [-0.39, 0.29) is 5.41 Å². The highest BCUT2D eigenvalue weighted by atomic mass is 32.1. The number of fused-ring (bicyclic) bond motifs is 11. The molecule has 4 heteroatoms. The van der Waals surface area contributed by atoms with Crippen molar-refractivity contribution in [2.24, 2.45) is 0 Å². The molecule has 16 rings (SSSR count). The maximum Gasteiger partial charge on any atom is 0.0543 e. The van der Waals surface area contributed by atoms with Crippen LogP contribution in [-0.4, -0.2) is 0 Å². The molecule has 0 unspecified atom stereocenters. The zero-order valence-electron chi connectivity index (χ0n) is 45.9. The van der Waals surface area contributed by atoms with Crippen LogP contribution in [0.2, 0.25) is 0 Å². The second kappa shape index (κ2) is 19.7. The predicted molar refractivity (Wildman–Crippen MR) is 358 cm³/mol. The molecule has 0 amide bonds. The van der Waals surface area contributed by atoms with Gasteiger partial charge in [-0.25, -0.2) is 0 Å². The fraction of sp³-hybridized carbons (Fsp3) is 0.0380. The van der Waals surface area contributed by atoms with E-state index in [1.807, 2.05) is 22.7 Å². The van der Waals surface area contributed by atoms with Crippen molar-refractivity contribution < 1.29 is 0 Å². The third kappa shape index (κ3) is 8.36. The van der Waals surface area contributed by atoms with Crippen LogP contribution in [-0.2, 0) is 5.41 Å². The molecule has 1 aliphatic carbocycles. The van der Waals surface area contributed by atoms with E-state index in [0.29, 0.717) is 0 Å². The van der Waals surface area contributed by atoms with E-state index in [1.165, 1.54) is 118 Å². The number of nitrogens with zero attached hydrogens (tertiary/aromatic N) is 2. The summed E-state index contributed by atoms with van der Waals surface area (Å²) in [5.74, 6) is 0. The van der Waals surface area contributed by atoms with Crippen LogP contribution in [0.15, 0.2) is 291 Å². The molecule has 15 aromatic rings. The molecule has 2 heterocycles. The SMILES string of the molecule is CC1(C)c2cc(N(c3ccc(-c4ccccc4)cc3)c3cccc(-c4ccc5sc6ccccc6c5c4)c3)ccc2-c2c1cc(N(c1ccc(-c3ccccc3)cc1)c1cccc(-c3ccc4sc5ccccc5c4c3)c1)c1ccccc21. The lowest BCUT2D eigenvalue weighted by molar-refractivity contribution is 0.661. The Morgan fingerprint density at radius 2 is 0.651 bits per heavy atom. The van der Waals surface area contributed by atoms with Gasteiger partial charge in [0.1, 0.15) is 0 Å². The predicted octanol–water partition coefficient (Wildman–Crippen LogP) is 23.5. The van der Waals surface area contributed by atoms with E-state index in [9.17, 15) is 0 Å². The summed E-state index contributed by atoms with van der Waals surface area (Å²) in [6, 6.07) is 108. The molecule has 2 aromatic heterocycles. The van der Waals surface area contributed by atoms with Crippen molar-refractivity contribution in [1.82, 2.24) is 0 Å². The molecule has 0 spiro atoms. The lowest BCUT2D eigenvalue weighted by atomic mass is 9.81. The number of rotatable bonds is 10. The molecule has 13 aromatic carbocycles. The summed E-state index contributed by atoms with van der Waals surface area (Å²) < 4.78 is 5.25. The standard InChI is InChI=1S/C79H54N2S2/c1-79(2)71-49-63(80(59-37-31-53(32-38-59)51-17-5-3-6-18-51)61-23-15-21-55(45-61)57-35-43-76-69(47-57)65-26-11-13-29-74(65)82-76)41-42-68(71)78-67-28-10-9-25-64(67)73(50-72(78)79)81(60-39-33-54(34-40-60)52-19-7-4-8-20-52)62-24-16-22-56(46-62)58-36-44-77-70(48-58)66-27-12-14-30-75(66)83-77/h3-50H,1-2H3. The highest BCUT2D eigenvalue weighted by Gasteiger charge is 2.39. The molecule has 0 saturated carbocycles. The van der Waals surface area contributed by atoms with Crippen LogP contribution in [0.25, 0.3) is 107 Å². The highest BCUT2D eigenvalue weighted by Crippen LogP contribution is 2.56. The third-order valence-electron chi connectivity index (χ3n) is 17.2. The zero-order chi connectivity index (χ0) is 55.2. The fourth-order valence-corrected chi connectivity index (χ4v) is 15.3. The van der Waals surface area contributed by atoms with Gasteiger partial charge in [0.05, 0.1) is 5.69 Å². The minimum absolute atomic E-state index is 0.369. The van der Waals surface area contributed by atoms with Crippen LogP contribution in [0.3, 0.4) is 0 Å². The van der Waals surface area contributed by atoms with Crippen molar-refractivity contribution in [2.75, 3.05) is 9.80 Å². The minimum Gasteiger partial charge on any atom is -0.310 e. The van der Waals surface area contributed by atoms with Crippen LogP contribution in [0.4, 0.5) is 34.1 Å². The first-order valence-electron chi connectivity index (χ1n) is 28.5. The Morgan fingerprint density at radius 1 is 0.253 bits per heavy atom. The van der Waals surface area contributed by atoms with E-state index in [4.69, 9.17) is 0 Å². The van der Waals surface area contributed by atoms with E-state index in [0.717, 1.165) is 34.1 Å². The molecule has 0 radical (unpaired) electrons. The Balaban J connectivity index is 0.839. The molecule has 0 N–H and O–H groups in total. The number of hydrogen-bond acceptors (Lipinski definition) is 4. The number of anilines is 6. The molecule has 0 bridgehead atoms. The summed E-state index contributed by atoms with van der Waals surface area (Å²) in [4.78, 5) is 4.95. The van der Waals surface area contributed by atoms with E-state index in [2.05, 4.69) is 315 Å². The minimum atomic E-state index is -0.369. The Kier molecular flexibility index (Phi) is 11.6. The van der Waals surface area contributed by atoms with Crippen LogP contribution in [0.5, 0.6) is 0 Å². The molecular formula is C79H54N2S2. The van der Waals surface area contributed by atoms with Gasteiger partial charge in [0, 0.05) is 79.6 Å². The average Bonchev–Trinajstić information content (AvgIpc) is 2.93. The molecule has 2 nitrogen and oxygen atoms in total. The summed E-state index contributed by atoms with van der Waals surface area (Å²) in [6.45, 7) is 4.85. The van der Waals surface area contributed by atoms with Crippen molar-refractivity contribution in [1.29, 1.82) is 0 Å². The van der Waals surface area contributed by atoms with Gasteiger partial charge in [-0.05, 0) is 175 Å². The van der Waals surface area contributed by atoms with Crippen LogP contribution in [0.1, 0.15) is 25.0 Å². The highest BCUT2D eigenvalue weighted by molar-refractivity contribution is 7.26. The maximum absolute atomic E-state index is 2.51. The lowest BCUT2D eigenvalue weighted by Gasteiger charge is -2.30. The number of benzene rings is 13. The van der Waals surface area contributed by atoms with Gasteiger partial charge >= 0.3 is 0 Å². The van der Waals surface area contributed by atoms with E-state index < -0.39 is 0 Å². The number of thiophene rings is 2. The fourth-order valence-electron chi connectivity index (χ4n) is 13.1. The second-order valence-corrected chi connectivity index (χ2v) is 24.6. The van der Waals surface area contributed by atoms with Gasteiger partial charge in [0.25, 0.3) is 0 Å². The largest absolute Gasteiger partial charge is 0.310 e. The third-order valence-corrected chi connectivity index (χ3v) is 19.5. The summed E-state index contributed by atoms with van der Waals surface area (Å²) in [7, 11) is 0. The summed E-state index contributed by atoms with van der Waals surface area (Å²) >= 11 is 3.73. The van der Waals surface area contributed by atoms with Gasteiger partial charge in [-0.15, -0.1) is 22.7 Å². The van der Waals surface area contributed by atoms with Gasteiger partial charge in [-0.1, -0.05) is 202 Å². The molecule has 0 atom stereocenters. The molecule has 0 aliphatic heterocycles. The lowest BCUT2D eigenvalue weighted by Crippen LogP contribution is -2.18. The van der Waals surface area contributed by atoms with Crippen LogP contribution < -0.4 is 9.80 Å². The Bertz CT molecular complexity index is 4990. The number of hydrogen-bond donors (Lipinski definition) is 0. The van der Waals surface area contributed by atoms with Crippen molar-refractivity contribution in [3.63, 3.8) is 0 Å². The molecular weight excluding hydrogens is 1040 g/mol. The van der Waals surface area contributed by atoms with Crippen LogP contribution in [0, 0.1) is 0 Å². The monoisotopic (exact) mass is 1090 g/mol. The van der Waals surface area contributed by atoms with E-state index >= 15 is 0 Å². The summed E-state index contributed by atoms with van der Waals surface area (Å²) in [5.41, 5.74) is 21.0. The second-order valence-electron chi connectivity index (χ2n) is 22.4. The first-order chi connectivity index (χ1) is 40.9. The van der Waals surface area contributed by atoms with E-state index in [1.54, 1.807) is 0 Å². The zero-order valence-corrected chi connectivity index (χ0v) is 47.6. The quantitative estimate of drug-likeness (QED) is 0.135. The molecule has 0 saturated heterocycles. The summed E-state index contributed by atoms with van der Waals surface area (Å²) in [6.07, 6.45) is 0. The van der Waals surface area contributed by atoms with Crippen molar-refractivity contribution in [3.05, 3.63) is 302 Å². The molecule has 392 valence electrons. The van der Waals surface area contributed by atoms with Crippen molar-refractivity contribution in [3.8, 4) is 55.6 Å². The normalized spacial score (nSPS) is 12.6. The molecule has 1 aliphatic rings. The van der Waals surface area contributed by atoms with Gasteiger partial charge < -0.3 is 9.80 Å². The Hall–Kier alpha value is -9.84. The van der Waals surface area contributed by atoms with Gasteiger partial charge in [0.15, 0.2) is 0 Å². The molecule has 83 heavy (non-hydrogen) atoms. The molecule has 0 fully saturated rings.